The minimum atomic E-state index is -0.799. The minimum Gasteiger partial charge on any atom is -0.481 e. The molecule has 2 aliphatic rings. The Bertz CT molecular complexity index is 339. The van der Waals surface area contributed by atoms with Gasteiger partial charge in [0.25, 0.3) is 0 Å². The number of amides is 1. The summed E-state index contributed by atoms with van der Waals surface area (Å²) < 4.78 is 0. The summed E-state index contributed by atoms with van der Waals surface area (Å²) in [5.74, 6) is -1.18. The van der Waals surface area contributed by atoms with Crippen molar-refractivity contribution in [3.63, 3.8) is 0 Å². The molecule has 1 aliphatic carbocycles. The Labute approximate surface area is 108 Å². The second-order valence-electron chi connectivity index (χ2n) is 5.58. The smallest absolute Gasteiger partial charge is 0.309 e. The Hall–Kier alpha value is -1.10. The van der Waals surface area contributed by atoms with Gasteiger partial charge in [-0.05, 0) is 26.8 Å². The molecular weight excluding hydrogens is 232 g/mol. The lowest BCUT2D eigenvalue weighted by atomic mass is 10.1. The Balaban J connectivity index is 2.19. The molecule has 0 aromatic carbocycles. The normalized spacial score (nSPS) is 31.7. The average molecular weight is 254 g/mol. The third kappa shape index (κ3) is 2.51. The Morgan fingerprint density at radius 2 is 1.89 bits per heavy atom. The predicted molar refractivity (Wildman–Crippen MR) is 67.2 cm³/mol. The summed E-state index contributed by atoms with van der Waals surface area (Å²) in [5, 5.41) is 9.25. The van der Waals surface area contributed by atoms with Gasteiger partial charge in [-0.1, -0.05) is 12.8 Å². The van der Waals surface area contributed by atoms with Crippen LogP contribution in [0.4, 0.5) is 0 Å². The molecule has 1 heterocycles. The number of rotatable bonds is 2. The molecule has 0 aromatic rings. The van der Waals surface area contributed by atoms with Crippen LogP contribution in [0.25, 0.3) is 0 Å². The van der Waals surface area contributed by atoms with Crippen LogP contribution < -0.4 is 0 Å². The first-order valence-electron chi connectivity index (χ1n) is 6.74. The van der Waals surface area contributed by atoms with Crippen LogP contribution in [0.15, 0.2) is 0 Å². The lowest BCUT2D eigenvalue weighted by Gasteiger charge is -2.30. The van der Waals surface area contributed by atoms with E-state index >= 15 is 0 Å². The molecule has 2 fully saturated rings. The molecule has 2 unspecified atom stereocenters. The zero-order valence-corrected chi connectivity index (χ0v) is 11.1. The van der Waals surface area contributed by atoms with Gasteiger partial charge in [-0.3, -0.25) is 14.5 Å². The molecular formula is C13H22N2O3. The number of hydrogen-bond acceptors (Lipinski definition) is 3. The van der Waals surface area contributed by atoms with Crippen LogP contribution in [-0.4, -0.2) is 59.0 Å². The highest BCUT2D eigenvalue weighted by Crippen LogP contribution is 2.27. The van der Waals surface area contributed by atoms with Gasteiger partial charge < -0.3 is 10.0 Å². The van der Waals surface area contributed by atoms with Crippen molar-refractivity contribution in [1.82, 2.24) is 9.80 Å². The first-order chi connectivity index (χ1) is 8.50. The van der Waals surface area contributed by atoms with Gasteiger partial charge in [0.2, 0.25) is 5.91 Å². The topological polar surface area (TPSA) is 60.9 Å². The van der Waals surface area contributed by atoms with Crippen LogP contribution in [0.3, 0.4) is 0 Å². The standard InChI is InChI=1S/C13H22N2O3/c1-9-12(16)15(11-5-3-4-6-11)8-10(13(17)18)7-14(9)2/h9-11H,3-8H2,1-2H3,(H,17,18). The molecule has 1 saturated carbocycles. The minimum absolute atomic E-state index is 0.0909. The molecule has 1 N–H and O–H groups in total. The number of carboxylic acids is 1. The molecule has 0 radical (unpaired) electrons. The van der Waals surface area contributed by atoms with E-state index in [0.717, 1.165) is 25.7 Å². The van der Waals surface area contributed by atoms with E-state index in [2.05, 4.69) is 0 Å². The van der Waals surface area contributed by atoms with Gasteiger partial charge >= 0.3 is 5.97 Å². The third-order valence-electron chi connectivity index (χ3n) is 4.34. The van der Waals surface area contributed by atoms with Gasteiger partial charge in [-0.15, -0.1) is 0 Å². The second-order valence-corrected chi connectivity index (χ2v) is 5.58. The highest BCUT2D eigenvalue weighted by molar-refractivity contribution is 5.83. The maximum atomic E-state index is 12.4. The van der Waals surface area contributed by atoms with Crippen LogP contribution in [0.2, 0.25) is 0 Å². The van der Waals surface area contributed by atoms with Crippen molar-refractivity contribution in [1.29, 1.82) is 0 Å². The number of carboxylic acid groups (broad SMARTS) is 1. The van der Waals surface area contributed by atoms with Crippen LogP contribution in [0, 0.1) is 5.92 Å². The molecule has 1 saturated heterocycles. The molecule has 5 heteroatoms. The van der Waals surface area contributed by atoms with Crippen molar-refractivity contribution in [3.8, 4) is 0 Å². The Kier molecular flexibility index (Phi) is 3.90. The van der Waals surface area contributed by atoms with Gasteiger partial charge in [0.15, 0.2) is 0 Å². The van der Waals surface area contributed by atoms with Crippen molar-refractivity contribution < 1.29 is 14.7 Å². The fourth-order valence-corrected chi connectivity index (χ4v) is 3.02. The summed E-state index contributed by atoms with van der Waals surface area (Å²) in [5.41, 5.74) is 0. The highest BCUT2D eigenvalue weighted by Gasteiger charge is 2.38. The number of carbonyl (C=O) groups excluding carboxylic acids is 1. The van der Waals surface area contributed by atoms with E-state index in [-0.39, 0.29) is 18.0 Å². The van der Waals surface area contributed by atoms with Crippen molar-refractivity contribution in [2.45, 2.75) is 44.7 Å². The fraction of sp³-hybridized carbons (Fsp3) is 0.846. The van der Waals surface area contributed by atoms with Gasteiger partial charge in [0, 0.05) is 19.1 Å². The van der Waals surface area contributed by atoms with Gasteiger partial charge in [-0.2, -0.15) is 0 Å². The molecule has 0 bridgehead atoms. The molecule has 5 nitrogen and oxygen atoms in total. The number of likely N-dealkylation sites (N-methyl/N-ethyl adjacent to an activating group) is 1. The fourth-order valence-electron chi connectivity index (χ4n) is 3.02. The number of aliphatic carboxylic acids is 1. The van der Waals surface area contributed by atoms with Crippen LogP contribution in [-0.2, 0) is 9.59 Å². The van der Waals surface area contributed by atoms with E-state index in [1.54, 1.807) is 0 Å². The predicted octanol–water partition coefficient (Wildman–Crippen LogP) is 0.792. The first-order valence-corrected chi connectivity index (χ1v) is 6.74. The van der Waals surface area contributed by atoms with Crippen LogP contribution >= 0.6 is 0 Å². The lowest BCUT2D eigenvalue weighted by molar-refractivity contribution is -0.143. The van der Waals surface area contributed by atoms with E-state index in [1.807, 2.05) is 23.8 Å². The van der Waals surface area contributed by atoms with Gasteiger partial charge in [0.1, 0.15) is 0 Å². The van der Waals surface area contributed by atoms with E-state index in [4.69, 9.17) is 0 Å². The largest absolute Gasteiger partial charge is 0.481 e. The van der Waals surface area contributed by atoms with Crippen molar-refractivity contribution >= 4 is 11.9 Å². The average Bonchev–Trinajstić information content (AvgIpc) is 2.82. The summed E-state index contributed by atoms with van der Waals surface area (Å²) in [7, 11) is 1.83. The monoisotopic (exact) mass is 254 g/mol. The number of nitrogens with zero attached hydrogens (tertiary/aromatic N) is 2. The van der Waals surface area contributed by atoms with E-state index < -0.39 is 11.9 Å². The molecule has 2 atom stereocenters. The lowest BCUT2D eigenvalue weighted by Crippen LogP contribution is -2.46. The van der Waals surface area contributed by atoms with E-state index in [1.165, 1.54) is 0 Å². The molecule has 0 aromatic heterocycles. The Morgan fingerprint density at radius 3 is 2.44 bits per heavy atom. The maximum Gasteiger partial charge on any atom is 0.309 e. The van der Waals surface area contributed by atoms with Crippen molar-refractivity contribution in [2.24, 2.45) is 5.92 Å². The van der Waals surface area contributed by atoms with E-state index in [9.17, 15) is 14.7 Å². The van der Waals surface area contributed by atoms with Crippen molar-refractivity contribution in [2.75, 3.05) is 20.1 Å². The molecule has 0 spiro atoms. The van der Waals surface area contributed by atoms with Crippen molar-refractivity contribution in [3.05, 3.63) is 0 Å². The van der Waals surface area contributed by atoms with Gasteiger partial charge in [-0.25, -0.2) is 0 Å². The zero-order valence-electron chi connectivity index (χ0n) is 11.1. The van der Waals surface area contributed by atoms with Crippen LogP contribution in [0.1, 0.15) is 32.6 Å². The molecule has 2 rings (SSSR count). The summed E-state index contributed by atoms with van der Waals surface area (Å²) >= 11 is 0. The number of carbonyl (C=O) groups is 2. The molecule has 1 aliphatic heterocycles. The summed E-state index contributed by atoms with van der Waals surface area (Å²) in [6.45, 7) is 2.69. The third-order valence-corrected chi connectivity index (χ3v) is 4.34. The number of hydrogen-bond donors (Lipinski definition) is 1. The van der Waals surface area contributed by atoms with Crippen LogP contribution in [0.5, 0.6) is 0 Å². The quantitative estimate of drug-likeness (QED) is 0.791. The molecule has 18 heavy (non-hydrogen) atoms. The zero-order chi connectivity index (χ0) is 13.3. The molecule has 1 amide bonds. The first kappa shape index (κ1) is 13.3. The van der Waals surface area contributed by atoms with E-state index in [0.29, 0.717) is 13.1 Å². The maximum absolute atomic E-state index is 12.4. The highest BCUT2D eigenvalue weighted by atomic mass is 16.4. The summed E-state index contributed by atoms with van der Waals surface area (Å²) in [6.07, 6.45) is 4.34. The SMILES string of the molecule is CC1C(=O)N(C2CCCC2)CC(C(=O)O)CN1C. The second kappa shape index (κ2) is 5.26. The summed E-state index contributed by atoms with van der Waals surface area (Å²) in [6, 6.07) is 0.0447. The Morgan fingerprint density at radius 1 is 1.28 bits per heavy atom. The summed E-state index contributed by atoms with van der Waals surface area (Å²) in [4.78, 5) is 27.4. The molecule has 102 valence electrons. The van der Waals surface area contributed by atoms with Gasteiger partial charge in [0.05, 0.1) is 12.0 Å².